The molecular weight excluding hydrogens is 437 g/mol. The van der Waals surface area contributed by atoms with Gasteiger partial charge in [0.25, 0.3) is 0 Å². The van der Waals surface area contributed by atoms with Crippen LogP contribution in [0, 0.1) is 12.3 Å². The zero-order chi connectivity index (χ0) is 24.2. The van der Waals surface area contributed by atoms with E-state index in [0.29, 0.717) is 10.7 Å². The first-order valence-electron chi connectivity index (χ1n) is 10.0. The first-order chi connectivity index (χ1) is 15.0. The molecule has 0 saturated heterocycles. The van der Waals surface area contributed by atoms with Gasteiger partial charge in [-0.25, -0.2) is 0 Å². The molecule has 0 amide bonds. The molecule has 0 fully saturated rings. The smallest absolute Gasteiger partial charge is 0.154 e. The van der Waals surface area contributed by atoms with Crippen LogP contribution in [0.4, 0.5) is 0 Å². The predicted molar refractivity (Wildman–Crippen MR) is 155 cm³/mol. The Bertz CT molecular complexity index is 697. The SMILES string of the molecule is C#CCC=C.C/C=C/C(C)=C/C.CC.CS/C=N/NC(=S)SC/C=C/c1ccccc1. The van der Waals surface area contributed by atoms with E-state index in [1.165, 1.54) is 22.9 Å². The van der Waals surface area contributed by atoms with Crippen molar-refractivity contribution >= 4 is 51.7 Å². The third-order valence-corrected chi connectivity index (χ3v) is 4.36. The molecule has 1 aromatic carbocycles. The topological polar surface area (TPSA) is 24.4 Å². The van der Waals surface area contributed by atoms with E-state index in [2.05, 4.69) is 66.4 Å². The minimum Gasteiger partial charge on any atom is -0.262 e. The summed E-state index contributed by atoms with van der Waals surface area (Å²) in [5, 5.41) is 3.93. The summed E-state index contributed by atoms with van der Waals surface area (Å²) in [4.78, 5) is 0. The number of thioether (sulfide) groups is 2. The van der Waals surface area contributed by atoms with Gasteiger partial charge in [0.05, 0.1) is 5.55 Å². The highest BCUT2D eigenvalue weighted by atomic mass is 32.2. The molecule has 31 heavy (non-hydrogen) atoms. The van der Waals surface area contributed by atoms with E-state index < -0.39 is 0 Å². The Hall–Kier alpha value is -2.00. The van der Waals surface area contributed by atoms with Crippen LogP contribution in [-0.2, 0) is 0 Å². The highest BCUT2D eigenvalue weighted by Gasteiger charge is 1.91. The highest BCUT2D eigenvalue weighted by molar-refractivity contribution is 8.23. The minimum atomic E-state index is 0.681. The summed E-state index contributed by atoms with van der Waals surface area (Å²) in [5.41, 5.74) is 7.03. The Labute approximate surface area is 205 Å². The molecule has 1 N–H and O–H groups in total. The van der Waals surface area contributed by atoms with Crippen molar-refractivity contribution in [1.82, 2.24) is 5.43 Å². The molecule has 1 rings (SSSR count). The number of nitrogens with zero attached hydrogens (tertiary/aromatic N) is 1. The number of benzene rings is 1. The van der Waals surface area contributed by atoms with Crippen LogP contribution in [0.5, 0.6) is 0 Å². The number of allylic oxidation sites excluding steroid dienone is 5. The average Bonchev–Trinajstić information content (AvgIpc) is 2.80. The summed E-state index contributed by atoms with van der Waals surface area (Å²) < 4.78 is 0.688. The Kier molecular flexibility index (Phi) is 32.8. The summed E-state index contributed by atoms with van der Waals surface area (Å²) in [6.45, 7) is 13.5. The zero-order valence-corrected chi connectivity index (χ0v) is 22.2. The number of rotatable bonds is 7. The quantitative estimate of drug-likeness (QED) is 0.0816. The van der Waals surface area contributed by atoms with Gasteiger partial charge >= 0.3 is 0 Å². The van der Waals surface area contributed by atoms with Crippen molar-refractivity contribution < 1.29 is 0 Å². The number of thiocarbonyl (C=S) groups is 1. The third kappa shape index (κ3) is 30.3. The van der Waals surface area contributed by atoms with Gasteiger partial charge < -0.3 is 0 Å². The largest absolute Gasteiger partial charge is 0.262 e. The molecule has 0 aliphatic rings. The summed E-state index contributed by atoms with van der Waals surface area (Å²) in [6, 6.07) is 10.2. The first kappa shape index (κ1) is 33.6. The van der Waals surface area contributed by atoms with Gasteiger partial charge in [-0.1, -0.05) is 110 Å². The van der Waals surface area contributed by atoms with Crippen LogP contribution in [-0.4, -0.2) is 21.9 Å². The second kappa shape index (κ2) is 30.2. The van der Waals surface area contributed by atoms with Crippen LogP contribution in [0.3, 0.4) is 0 Å². The Balaban J connectivity index is -0.000000463. The summed E-state index contributed by atoms with van der Waals surface area (Å²) in [6.07, 6.45) is 19.5. The van der Waals surface area contributed by atoms with Crippen LogP contribution in [0.1, 0.15) is 46.6 Å². The van der Waals surface area contributed by atoms with E-state index >= 15 is 0 Å². The molecule has 0 aliphatic carbocycles. The van der Waals surface area contributed by atoms with Crippen LogP contribution >= 0.6 is 35.7 Å². The van der Waals surface area contributed by atoms with Crippen molar-refractivity contribution in [3.8, 4) is 12.3 Å². The summed E-state index contributed by atoms with van der Waals surface area (Å²) in [7, 11) is 0. The maximum atomic E-state index is 5.09. The van der Waals surface area contributed by atoms with Crippen molar-refractivity contribution in [2.24, 2.45) is 5.10 Å². The van der Waals surface area contributed by atoms with E-state index in [4.69, 9.17) is 18.6 Å². The van der Waals surface area contributed by atoms with Gasteiger partial charge in [-0.15, -0.1) is 30.7 Å². The number of terminal acetylenes is 1. The second-order valence-electron chi connectivity index (χ2n) is 5.22. The molecule has 0 heterocycles. The monoisotopic (exact) mass is 474 g/mol. The third-order valence-electron chi connectivity index (χ3n) is 2.88. The molecule has 0 saturated carbocycles. The molecule has 2 nitrogen and oxygen atoms in total. The van der Waals surface area contributed by atoms with Gasteiger partial charge in [0, 0.05) is 12.2 Å². The fourth-order valence-electron chi connectivity index (χ4n) is 1.48. The normalized spacial score (nSPS) is 10.2. The number of hydrogen-bond acceptors (Lipinski definition) is 4. The fourth-order valence-corrected chi connectivity index (χ4v) is 2.35. The van der Waals surface area contributed by atoms with Gasteiger partial charge in [-0.3, -0.25) is 5.43 Å². The van der Waals surface area contributed by atoms with E-state index in [9.17, 15) is 0 Å². The van der Waals surface area contributed by atoms with E-state index in [-0.39, 0.29) is 0 Å². The van der Waals surface area contributed by atoms with Crippen LogP contribution in [0.2, 0.25) is 0 Å². The molecule has 0 unspecified atom stereocenters. The number of hydrazone groups is 1. The molecular formula is C26H38N2S3. The second-order valence-corrected chi connectivity index (χ2v) is 7.60. The lowest BCUT2D eigenvalue weighted by Gasteiger charge is -1.98. The Morgan fingerprint density at radius 1 is 1.26 bits per heavy atom. The molecule has 170 valence electrons. The van der Waals surface area contributed by atoms with Crippen LogP contribution in [0.25, 0.3) is 6.08 Å². The van der Waals surface area contributed by atoms with Crippen LogP contribution < -0.4 is 5.43 Å². The maximum absolute atomic E-state index is 5.09. The van der Waals surface area contributed by atoms with Crippen molar-refractivity contribution in [2.75, 3.05) is 12.0 Å². The summed E-state index contributed by atoms with van der Waals surface area (Å²) >= 11 is 8.18. The maximum Gasteiger partial charge on any atom is 0.154 e. The molecule has 0 bridgehead atoms. The van der Waals surface area contributed by atoms with E-state index in [0.717, 1.165) is 5.75 Å². The summed E-state index contributed by atoms with van der Waals surface area (Å²) in [5.74, 6) is 3.24. The lowest BCUT2D eigenvalue weighted by Crippen LogP contribution is -2.10. The zero-order valence-electron chi connectivity index (χ0n) is 19.8. The molecule has 0 atom stereocenters. The predicted octanol–water partition coefficient (Wildman–Crippen LogP) is 8.36. The standard InChI is InChI=1S/C12H14N2S3.C7H12.C5H6.C2H6/c1-16-10-13-14-12(15)17-9-5-8-11-6-3-2-4-7-11;1-4-6-7(3)5-2;1-3-5-4-2;1-2/h2-8,10H,9H2,1H3,(H,14,15);4-6H,1-3H3;1,4H,2,5H2;1-2H3/b8-5+,13-10+;6-4+,7-5+;;. The van der Waals surface area contributed by atoms with Crippen molar-refractivity contribution in [3.63, 3.8) is 0 Å². The Morgan fingerprint density at radius 3 is 2.32 bits per heavy atom. The van der Waals surface area contributed by atoms with E-state index in [1.807, 2.05) is 58.2 Å². The highest BCUT2D eigenvalue weighted by Crippen LogP contribution is 2.06. The van der Waals surface area contributed by atoms with Crippen molar-refractivity contribution in [2.45, 2.75) is 41.0 Å². The van der Waals surface area contributed by atoms with Gasteiger partial charge in [0.1, 0.15) is 0 Å². The number of nitrogens with one attached hydrogen (secondary N) is 1. The van der Waals surface area contributed by atoms with Crippen molar-refractivity contribution in [1.29, 1.82) is 0 Å². The van der Waals surface area contributed by atoms with Gasteiger partial charge in [0.2, 0.25) is 0 Å². The Morgan fingerprint density at radius 2 is 1.90 bits per heavy atom. The molecule has 5 heteroatoms. The van der Waals surface area contributed by atoms with Crippen LogP contribution in [0.15, 0.2) is 78.0 Å². The minimum absolute atomic E-state index is 0.681. The van der Waals surface area contributed by atoms with Gasteiger partial charge in [-0.05, 0) is 32.6 Å². The molecule has 1 aromatic rings. The van der Waals surface area contributed by atoms with Gasteiger partial charge in [-0.2, -0.15) is 5.10 Å². The molecule has 0 spiro atoms. The fraction of sp³-hybridized carbons (Fsp3) is 0.308. The average molecular weight is 475 g/mol. The number of hydrogen-bond donors (Lipinski definition) is 1. The molecule has 0 aromatic heterocycles. The molecule has 0 radical (unpaired) electrons. The first-order valence-corrected chi connectivity index (χ1v) is 12.7. The van der Waals surface area contributed by atoms with Crippen molar-refractivity contribution in [3.05, 3.63) is 78.4 Å². The lowest BCUT2D eigenvalue weighted by molar-refractivity contribution is 1.08. The molecule has 0 aliphatic heterocycles. The van der Waals surface area contributed by atoms with E-state index in [1.54, 1.807) is 23.4 Å². The van der Waals surface area contributed by atoms with Gasteiger partial charge in [0.15, 0.2) is 4.32 Å². The lowest BCUT2D eigenvalue weighted by atomic mass is 10.2.